The third-order valence-electron chi connectivity index (χ3n) is 3.08. The van der Waals surface area contributed by atoms with Gasteiger partial charge < -0.3 is 0 Å². The molecule has 0 saturated carbocycles. The molecule has 0 heterocycles. The van der Waals surface area contributed by atoms with Crippen molar-refractivity contribution in [2.75, 3.05) is 0 Å². The highest BCUT2D eigenvalue weighted by Gasteiger charge is 2.17. The van der Waals surface area contributed by atoms with Crippen LogP contribution in [0.25, 0.3) is 0 Å². The average Bonchev–Trinajstić information content (AvgIpc) is 2.40. The van der Waals surface area contributed by atoms with E-state index in [1.165, 1.54) is 24.3 Å². The molecule has 0 saturated heterocycles. The van der Waals surface area contributed by atoms with Crippen molar-refractivity contribution in [3.8, 4) is 0 Å². The first kappa shape index (κ1) is 15.4. The Hall–Kier alpha value is -2.01. The zero-order valence-electron chi connectivity index (χ0n) is 12.2. The van der Waals surface area contributed by atoms with Crippen LogP contribution in [-0.4, -0.2) is 19.9 Å². The summed E-state index contributed by atoms with van der Waals surface area (Å²) in [4.78, 5) is 11.1. The third kappa shape index (κ3) is 3.76. The largest absolute Gasteiger partial charge is 0.290 e. The smallest absolute Gasteiger partial charge is 0.282 e. The lowest BCUT2D eigenvalue weighted by atomic mass is 9.87. The molecule has 0 N–H and O–H groups in total. The standard InChI is InChI=1S/C16H17NO3S/c1-16(2,3)12-4-10-15(11-5-12)21(19,20)17-13-6-8-14(18)9-7-13/h4-11H,1-3H3. The van der Waals surface area contributed by atoms with Gasteiger partial charge in [-0.25, -0.2) is 0 Å². The van der Waals surface area contributed by atoms with E-state index < -0.39 is 10.0 Å². The fourth-order valence-electron chi connectivity index (χ4n) is 1.83. The van der Waals surface area contributed by atoms with Crippen LogP contribution in [0.1, 0.15) is 26.3 Å². The van der Waals surface area contributed by atoms with Crippen molar-refractivity contribution >= 4 is 21.5 Å². The fourth-order valence-corrected chi connectivity index (χ4v) is 2.81. The summed E-state index contributed by atoms with van der Waals surface area (Å²) in [5.41, 5.74) is 1.26. The van der Waals surface area contributed by atoms with E-state index in [1.54, 1.807) is 24.3 Å². The van der Waals surface area contributed by atoms with Crippen LogP contribution in [0, 0.1) is 0 Å². The monoisotopic (exact) mass is 303 g/mol. The molecule has 1 aromatic rings. The minimum Gasteiger partial charge on any atom is -0.290 e. The number of benzene rings is 1. The zero-order valence-corrected chi connectivity index (χ0v) is 13.0. The maximum Gasteiger partial charge on any atom is 0.282 e. The predicted molar refractivity (Wildman–Crippen MR) is 83.0 cm³/mol. The molecule has 0 spiro atoms. The van der Waals surface area contributed by atoms with E-state index in [4.69, 9.17) is 0 Å². The van der Waals surface area contributed by atoms with E-state index in [0.717, 1.165) is 5.56 Å². The Morgan fingerprint density at radius 2 is 1.43 bits per heavy atom. The third-order valence-corrected chi connectivity index (χ3v) is 4.40. The normalized spacial score (nSPS) is 15.4. The topological polar surface area (TPSA) is 63.6 Å². The number of hydrogen-bond acceptors (Lipinski definition) is 3. The van der Waals surface area contributed by atoms with Gasteiger partial charge in [-0.15, -0.1) is 0 Å². The van der Waals surface area contributed by atoms with Crippen molar-refractivity contribution in [2.45, 2.75) is 31.1 Å². The second-order valence-corrected chi connectivity index (χ2v) is 7.44. The number of ketones is 1. The highest BCUT2D eigenvalue weighted by Crippen LogP contribution is 2.24. The Labute approximate surface area is 125 Å². The van der Waals surface area contributed by atoms with Crippen LogP contribution >= 0.6 is 0 Å². The molecule has 0 bridgehead atoms. The van der Waals surface area contributed by atoms with Gasteiger partial charge in [0.2, 0.25) is 0 Å². The summed E-state index contributed by atoms with van der Waals surface area (Å²) in [6.45, 7) is 6.18. The van der Waals surface area contributed by atoms with Gasteiger partial charge in [0.25, 0.3) is 10.0 Å². The van der Waals surface area contributed by atoms with Gasteiger partial charge in [-0.3, -0.25) is 4.79 Å². The SMILES string of the molecule is CC(C)(C)c1ccc(S(=O)(=O)N=C2C=CC(=O)C=C2)cc1. The minimum atomic E-state index is -3.77. The molecule has 110 valence electrons. The first-order chi connectivity index (χ1) is 9.68. The summed E-state index contributed by atoms with van der Waals surface area (Å²) in [6, 6.07) is 6.70. The van der Waals surface area contributed by atoms with Crippen LogP contribution in [0.15, 0.2) is 57.9 Å². The molecule has 0 fully saturated rings. The Morgan fingerprint density at radius 3 is 1.90 bits per heavy atom. The Morgan fingerprint density at radius 1 is 0.905 bits per heavy atom. The summed E-state index contributed by atoms with van der Waals surface area (Å²) in [6.07, 6.45) is 5.36. The van der Waals surface area contributed by atoms with Gasteiger partial charge in [0.05, 0.1) is 10.6 Å². The van der Waals surface area contributed by atoms with Crippen molar-refractivity contribution in [2.24, 2.45) is 4.40 Å². The van der Waals surface area contributed by atoms with Crippen molar-refractivity contribution in [3.63, 3.8) is 0 Å². The van der Waals surface area contributed by atoms with Gasteiger partial charge in [-0.2, -0.15) is 12.8 Å². The summed E-state index contributed by atoms with van der Waals surface area (Å²) in [5, 5.41) is 0. The Bertz CT molecular complexity index is 728. The number of carbonyl (C=O) groups is 1. The average molecular weight is 303 g/mol. The number of nitrogens with zero attached hydrogens (tertiary/aromatic N) is 1. The molecule has 5 heteroatoms. The minimum absolute atomic E-state index is 0.0383. The molecule has 0 amide bonds. The molecule has 0 atom stereocenters. The molecule has 21 heavy (non-hydrogen) atoms. The van der Waals surface area contributed by atoms with E-state index in [-0.39, 0.29) is 21.8 Å². The van der Waals surface area contributed by atoms with Crippen LogP contribution in [-0.2, 0) is 20.2 Å². The van der Waals surface area contributed by atoms with Crippen LogP contribution in [0.3, 0.4) is 0 Å². The van der Waals surface area contributed by atoms with E-state index in [9.17, 15) is 13.2 Å². The Balaban J connectivity index is 2.33. The molecular formula is C16H17NO3S. The number of rotatable bonds is 2. The molecule has 0 aliphatic heterocycles. The van der Waals surface area contributed by atoms with E-state index in [0.29, 0.717) is 0 Å². The molecule has 0 unspecified atom stereocenters. The molecule has 1 aliphatic carbocycles. The van der Waals surface area contributed by atoms with Crippen LogP contribution < -0.4 is 0 Å². The molecule has 1 aromatic carbocycles. The molecule has 0 aromatic heterocycles. The number of allylic oxidation sites excluding steroid dienone is 4. The highest BCUT2D eigenvalue weighted by molar-refractivity contribution is 7.90. The number of sulfonamides is 1. The van der Waals surface area contributed by atoms with Gasteiger partial charge in [0.15, 0.2) is 5.78 Å². The predicted octanol–water partition coefficient (Wildman–Crippen LogP) is 2.81. The van der Waals surface area contributed by atoms with Gasteiger partial charge in [-0.05, 0) is 47.4 Å². The van der Waals surface area contributed by atoms with Gasteiger partial charge in [0, 0.05) is 0 Å². The van der Waals surface area contributed by atoms with E-state index in [2.05, 4.69) is 25.2 Å². The van der Waals surface area contributed by atoms with Crippen molar-refractivity contribution in [3.05, 3.63) is 54.1 Å². The van der Waals surface area contributed by atoms with Crippen molar-refractivity contribution in [1.82, 2.24) is 0 Å². The van der Waals surface area contributed by atoms with Crippen molar-refractivity contribution in [1.29, 1.82) is 0 Å². The molecule has 2 rings (SSSR count). The summed E-state index contributed by atoms with van der Waals surface area (Å²) in [7, 11) is -3.77. The maximum atomic E-state index is 12.2. The molecule has 4 nitrogen and oxygen atoms in total. The first-order valence-corrected chi connectivity index (χ1v) is 7.98. The van der Waals surface area contributed by atoms with Gasteiger partial charge >= 0.3 is 0 Å². The molecule has 1 aliphatic rings. The van der Waals surface area contributed by atoms with E-state index in [1.807, 2.05) is 0 Å². The summed E-state index contributed by atoms with van der Waals surface area (Å²) in [5.74, 6) is -0.180. The lowest BCUT2D eigenvalue weighted by Gasteiger charge is -2.18. The molecular weight excluding hydrogens is 286 g/mol. The highest BCUT2D eigenvalue weighted by atomic mass is 32.2. The van der Waals surface area contributed by atoms with Crippen LogP contribution in [0.2, 0.25) is 0 Å². The fraction of sp³-hybridized carbons (Fsp3) is 0.250. The number of carbonyl (C=O) groups excluding carboxylic acids is 1. The van der Waals surface area contributed by atoms with Gasteiger partial charge in [-0.1, -0.05) is 32.9 Å². The zero-order chi connectivity index (χ0) is 15.7. The Kier molecular flexibility index (Phi) is 3.96. The second-order valence-electron chi connectivity index (χ2n) is 5.83. The quantitative estimate of drug-likeness (QED) is 0.789. The van der Waals surface area contributed by atoms with E-state index >= 15 is 0 Å². The summed E-state index contributed by atoms with van der Waals surface area (Å²) < 4.78 is 28.1. The lowest BCUT2D eigenvalue weighted by molar-refractivity contribution is -0.110. The lowest BCUT2D eigenvalue weighted by Crippen LogP contribution is -2.11. The van der Waals surface area contributed by atoms with Crippen LogP contribution in [0.5, 0.6) is 0 Å². The second kappa shape index (κ2) is 5.41. The molecule has 0 radical (unpaired) electrons. The maximum absolute atomic E-state index is 12.2. The number of hydrogen-bond donors (Lipinski definition) is 0. The summed E-state index contributed by atoms with van der Waals surface area (Å²) >= 11 is 0. The van der Waals surface area contributed by atoms with Crippen molar-refractivity contribution < 1.29 is 13.2 Å². The van der Waals surface area contributed by atoms with Crippen LogP contribution in [0.4, 0.5) is 0 Å². The first-order valence-electron chi connectivity index (χ1n) is 6.54. The van der Waals surface area contributed by atoms with Gasteiger partial charge in [0.1, 0.15) is 0 Å².